The highest BCUT2D eigenvalue weighted by Crippen LogP contribution is 2.03. The summed E-state index contributed by atoms with van der Waals surface area (Å²) < 4.78 is 4.78. The fourth-order valence-electron chi connectivity index (χ4n) is 0.773. The van der Waals surface area contributed by atoms with Crippen molar-refractivity contribution in [1.29, 1.82) is 0 Å². The average molecular weight is 186 g/mol. The largest absolute Gasteiger partial charge is 0.465 e. The summed E-state index contributed by atoms with van der Waals surface area (Å²) >= 11 is 0. The van der Waals surface area contributed by atoms with Gasteiger partial charge in [0, 0.05) is 12.8 Å². The van der Waals surface area contributed by atoms with Crippen LogP contribution in [0.25, 0.3) is 0 Å². The van der Waals surface area contributed by atoms with Gasteiger partial charge in [0.1, 0.15) is 0 Å². The number of ether oxygens (including phenoxy) is 1. The highest BCUT2D eigenvalue weighted by Gasteiger charge is 2.04. The molecule has 0 aliphatic heterocycles. The Balaban J connectivity index is 3.82. The number of carbonyl (C=O) groups is 1. The van der Waals surface area contributed by atoms with Crippen molar-refractivity contribution >= 4 is 5.97 Å². The minimum absolute atomic E-state index is 0.0104. The molecule has 0 heterocycles. The summed E-state index contributed by atoms with van der Waals surface area (Å²) in [6.45, 7) is 5.74. The Morgan fingerprint density at radius 2 is 2.08 bits per heavy atom. The molecule has 0 aliphatic carbocycles. The number of rotatable bonds is 5. The van der Waals surface area contributed by atoms with Gasteiger partial charge in [0.05, 0.1) is 13.2 Å². The minimum Gasteiger partial charge on any atom is -0.465 e. The van der Waals surface area contributed by atoms with Crippen LogP contribution in [0.1, 0.15) is 20.8 Å². The number of carbonyl (C=O) groups excluding carboxylic acids is 1. The molecule has 0 aromatic carbocycles. The molecule has 0 fully saturated rings. The highest BCUT2D eigenvalue weighted by molar-refractivity contribution is 5.65. The van der Waals surface area contributed by atoms with Gasteiger partial charge >= 0.3 is 5.97 Å². The molecule has 0 saturated heterocycles. The molecule has 0 bridgehead atoms. The number of allylic oxidation sites excluding steroid dienone is 1. The zero-order valence-electron chi connectivity index (χ0n) is 8.49. The van der Waals surface area contributed by atoms with Crippen LogP contribution in [0.15, 0.2) is 12.2 Å². The van der Waals surface area contributed by atoms with Gasteiger partial charge in [0.2, 0.25) is 0 Å². The molecule has 0 spiro atoms. The molecule has 13 heavy (non-hydrogen) atoms. The molecule has 0 aliphatic rings. The Bertz CT molecular complexity index is 173. The standard InChI is InChI=1S/C10H18O3/c1-8(2)4-5-10(6-11)7-13-9(3)12/h4-5,8,10-11H,6-7H2,1-3H3/b5-4+/t10-/m0/s1. The maximum absolute atomic E-state index is 10.5. The van der Waals surface area contributed by atoms with Gasteiger partial charge < -0.3 is 9.84 Å². The maximum atomic E-state index is 10.5. The van der Waals surface area contributed by atoms with Gasteiger partial charge in [-0.1, -0.05) is 26.0 Å². The molecule has 76 valence electrons. The van der Waals surface area contributed by atoms with Crippen LogP contribution < -0.4 is 0 Å². The molecule has 0 radical (unpaired) electrons. The lowest BCUT2D eigenvalue weighted by atomic mass is 10.1. The van der Waals surface area contributed by atoms with Gasteiger partial charge in [-0.05, 0) is 5.92 Å². The number of esters is 1. The van der Waals surface area contributed by atoms with E-state index < -0.39 is 0 Å². The fourth-order valence-corrected chi connectivity index (χ4v) is 0.773. The van der Waals surface area contributed by atoms with Crippen LogP contribution in [-0.4, -0.2) is 24.3 Å². The van der Waals surface area contributed by atoms with Gasteiger partial charge in [-0.3, -0.25) is 4.79 Å². The van der Waals surface area contributed by atoms with Crippen LogP contribution >= 0.6 is 0 Å². The summed E-state index contributed by atoms with van der Waals surface area (Å²) in [5.74, 6) is 0.0640. The normalized spacial score (nSPS) is 13.6. The lowest BCUT2D eigenvalue weighted by Crippen LogP contribution is -2.13. The number of aliphatic hydroxyl groups excluding tert-OH is 1. The van der Waals surface area contributed by atoms with Crippen molar-refractivity contribution < 1.29 is 14.6 Å². The Labute approximate surface area is 79.4 Å². The highest BCUT2D eigenvalue weighted by atomic mass is 16.5. The van der Waals surface area contributed by atoms with Crippen LogP contribution in [-0.2, 0) is 9.53 Å². The Morgan fingerprint density at radius 1 is 1.46 bits per heavy atom. The number of aliphatic hydroxyl groups is 1. The van der Waals surface area contributed by atoms with Crippen molar-refractivity contribution in [2.24, 2.45) is 11.8 Å². The summed E-state index contributed by atoms with van der Waals surface area (Å²) in [5, 5.41) is 8.91. The van der Waals surface area contributed by atoms with Crippen LogP contribution in [0, 0.1) is 11.8 Å². The maximum Gasteiger partial charge on any atom is 0.302 e. The lowest BCUT2D eigenvalue weighted by Gasteiger charge is -2.09. The van der Waals surface area contributed by atoms with Crippen LogP contribution in [0.4, 0.5) is 0 Å². The zero-order chi connectivity index (χ0) is 10.3. The van der Waals surface area contributed by atoms with Crippen molar-refractivity contribution in [3.63, 3.8) is 0 Å². The van der Waals surface area contributed by atoms with Crippen molar-refractivity contribution in [2.75, 3.05) is 13.2 Å². The third-order valence-corrected chi connectivity index (χ3v) is 1.50. The monoisotopic (exact) mass is 186 g/mol. The van der Waals surface area contributed by atoms with Crippen molar-refractivity contribution in [3.8, 4) is 0 Å². The first kappa shape index (κ1) is 12.2. The fraction of sp³-hybridized carbons (Fsp3) is 0.700. The lowest BCUT2D eigenvalue weighted by molar-refractivity contribution is -0.142. The van der Waals surface area contributed by atoms with E-state index in [0.717, 1.165) is 0 Å². The van der Waals surface area contributed by atoms with E-state index in [4.69, 9.17) is 9.84 Å². The third kappa shape index (κ3) is 7.53. The molecule has 0 aromatic heterocycles. The van der Waals surface area contributed by atoms with E-state index in [1.54, 1.807) is 0 Å². The molecule has 0 rings (SSSR count). The second-order valence-electron chi connectivity index (χ2n) is 3.37. The van der Waals surface area contributed by atoms with Gasteiger partial charge in [-0.15, -0.1) is 0 Å². The van der Waals surface area contributed by atoms with Gasteiger partial charge in [0.15, 0.2) is 0 Å². The molecule has 1 atom stereocenters. The predicted octanol–water partition coefficient (Wildman–Crippen LogP) is 1.37. The summed E-state index contributed by atoms with van der Waals surface area (Å²) in [6.07, 6.45) is 3.87. The van der Waals surface area contributed by atoms with Gasteiger partial charge in [-0.2, -0.15) is 0 Å². The Hall–Kier alpha value is -0.830. The first-order valence-corrected chi connectivity index (χ1v) is 4.48. The SMILES string of the molecule is CC(=O)OC[C@@H](/C=C/C(C)C)CO. The first-order chi connectivity index (χ1) is 6.06. The molecule has 3 nitrogen and oxygen atoms in total. The smallest absolute Gasteiger partial charge is 0.302 e. The minimum atomic E-state index is -0.309. The molecular formula is C10H18O3. The number of hydrogen-bond acceptors (Lipinski definition) is 3. The van der Waals surface area contributed by atoms with Gasteiger partial charge in [-0.25, -0.2) is 0 Å². The van der Waals surface area contributed by atoms with Crippen LogP contribution in [0.2, 0.25) is 0 Å². The average Bonchev–Trinajstić information content (AvgIpc) is 2.04. The van der Waals surface area contributed by atoms with E-state index in [1.807, 2.05) is 12.2 Å². The quantitative estimate of drug-likeness (QED) is 0.521. The van der Waals surface area contributed by atoms with Crippen molar-refractivity contribution in [1.82, 2.24) is 0 Å². The first-order valence-electron chi connectivity index (χ1n) is 4.48. The molecule has 0 saturated carbocycles. The second-order valence-corrected chi connectivity index (χ2v) is 3.37. The Morgan fingerprint density at radius 3 is 2.46 bits per heavy atom. The summed E-state index contributed by atoms with van der Waals surface area (Å²) in [6, 6.07) is 0. The third-order valence-electron chi connectivity index (χ3n) is 1.50. The van der Waals surface area contributed by atoms with Gasteiger partial charge in [0.25, 0.3) is 0 Å². The van der Waals surface area contributed by atoms with E-state index in [2.05, 4.69) is 13.8 Å². The van der Waals surface area contributed by atoms with Crippen molar-refractivity contribution in [3.05, 3.63) is 12.2 Å². The van der Waals surface area contributed by atoms with E-state index in [9.17, 15) is 4.79 Å². The molecule has 0 unspecified atom stereocenters. The second kappa shape index (κ2) is 6.66. The van der Waals surface area contributed by atoms with Crippen LogP contribution in [0.5, 0.6) is 0 Å². The van der Waals surface area contributed by atoms with Crippen LogP contribution in [0.3, 0.4) is 0 Å². The van der Waals surface area contributed by atoms with E-state index in [0.29, 0.717) is 5.92 Å². The van der Waals surface area contributed by atoms with E-state index in [1.165, 1.54) is 6.92 Å². The molecular weight excluding hydrogens is 168 g/mol. The molecule has 0 aromatic rings. The Kier molecular flexibility index (Phi) is 6.24. The van der Waals surface area contributed by atoms with Crippen molar-refractivity contribution in [2.45, 2.75) is 20.8 Å². The molecule has 1 N–H and O–H groups in total. The van der Waals surface area contributed by atoms with E-state index >= 15 is 0 Å². The summed E-state index contributed by atoms with van der Waals surface area (Å²) in [7, 11) is 0. The summed E-state index contributed by atoms with van der Waals surface area (Å²) in [5.41, 5.74) is 0. The topological polar surface area (TPSA) is 46.5 Å². The number of hydrogen-bond donors (Lipinski definition) is 1. The zero-order valence-corrected chi connectivity index (χ0v) is 8.49. The molecule has 3 heteroatoms. The molecule has 0 amide bonds. The van der Waals surface area contributed by atoms with E-state index in [-0.39, 0.29) is 25.1 Å². The summed E-state index contributed by atoms with van der Waals surface area (Å²) in [4.78, 5) is 10.5. The predicted molar refractivity (Wildman–Crippen MR) is 51.2 cm³/mol.